The second-order valence-corrected chi connectivity index (χ2v) is 3.92. The summed E-state index contributed by atoms with van der Waals surface area (Å²) in [7, 11) is 0. The Bertz CT molecular complexity index is 342. The minimum atomic E-state index is -0.178. The average molecular weight is 253 g/mol. The van der Waals surface area contributed by atoms with E-state index in [1.807, 2.05) is 6.92 Å². The Balaban J connectivity index is 3.97. The smallest absolute Gasteiger partial charge is 0.235 e. The van der Waals surface area contributed by atoms with E-state index in [9.17, 15) is 9.59 Å². The summed E-state index contributed by atoms with van der Waals surface area (Å²) in [6.07, 6.45) is 7.51. The Hall–Kier alpha value is -1.77. The number of hydrogen-bond acceptors (Lipinski definition) is 6. The van der Waals surface area contributed by atoms with Gasteiger partial charge in [0, 0.05) is 6.42 Å². The number of rotatable bonds is 10. The lowest BCUT2D eigenvalue weighted by atomic mass is 10.0. The van der Waals surface area contributed by atoms with Crippen LogP contribution in [0.15, 0.2) is 15.1 Å². The number of isocyanates is 2. The van der Waals surface area contributed by atoms with Gasteiger partial charge < -0.3 is 5.21 Å². The van der Waals surface area contributed by atoms with Gasteiger partial charge in [0.15, 0.2) is 0 Å². The van der Waals surface area contributed by atoms with E-state index in [0.717, 1.165) is 25.7 Å². The molecular formula is C12H19N3O3. The highest BCUT2D eigenvalue weighted by Gasteiger charge is 2.10. The molecule has 1 atom stereocenters. The molecule has 0 aliphatic heterocycles. The minimum absolute atomic E-state index is 0.178. The molecule has 18 heavy (non-hydrogen) atoms. The van der Waals surface area contributed by atoms with Gasteiger partial charge in [-0.15, -0.1) is 0 Å². The third kappa shape index (κ3) is 8.39. The molecule has 0 rings (SSSR count). The Labute approximate surface area is 107 Å². The molecule has 0 heterocycles. The molecule has 1 unspecified atom stereocenters. The van der Waals surface area contributed by atoms with Gasteiger partial charge in [-0.25, -0.2) is 19.6 Å². The van der Waals surface area contributed by atoms with Crippen LogP contribution < -0.4 is 0 Å². The van der Waals surface area contributed by atoms with Crippen LogP contribution in [0.4, 0.5) is 0 Å². The number of aliphatic imine (C=N–C) groups is 2. The van der Waals surface area contributed by atoms with Crippen LogP contribution in [0.3, 0.4) is 0 Å². The van der Waals surface area contributed by atoms with Crippen LogP contribution in [0, 0.1) is 0 Å². The molecule has 0 aromatic carbocycles. The molecule has 100 valence electrons. The quantitative estimate of drug-likeness (QED) is 0.213. The first kappa shape index (κ1) is 16.2. The molecule has 0 aromatic rings. The summed E-state index contributed by atoms with van der Waals surface area (Å²) in [4.78, 5) is 27.3. The number of carbonyl (C=O) groups excluding carboxylic acids is 2. The predicted molar refractivity (Wildman–Crippen MR) is 67.5 cm³/mol. The Morgan fingerprint density at radius 2 is 2.00 bits per heavy atom. The molecule has 0 aromatic heterocycles. The van der Waals surface area contributed by atoms with Crippen molar-refractivity contribution in [2.24, 2.45) is 15.1 Å². The van der Waals surface area contributed by atoms with Crippen molar-refractivity contribution in [1.29, 1.82) is 0 Å². The molecule has 0 spiro atoms. The molecule has 0 aliphatic rings. The van der Waals surface area contributed by atoms with Crippen LogP contribution in [0.1, 0.15) is 45.4 Å². The van der Waals surface area contributed by atoms with E-state index < -0.39 is 0 Å². The second kappa shape index (κ2) is 11.7. The molecule has 0 saturated heterocycles. The normalized spacial score (nSPS) is 12.4. The molecule has 0 aliphatic carbocycles. The summed E-state index contributed by atoms with van der Waals surface area (Å²) in [5, 5.41) is 11.9. The summed E-state index contributed by atoms with van der Waals surface area (Å²) in [6, 6.07) is -0.178. The zero-order valence-electron chi connectivity index (χ0n) is 10.6. The van der Waals surface area contributed by atoms with Gasteiger partial charge >= 0.3 is 0 Å². The van der Waals surface area contributed by atoms with Crippen LogP contribution in [0.5, 0.6) is 0 Å². The zero-order valence-corrected chi connectivity index (χ0v) is 10.6. The Kier molecular flexibility index (Phi) is 10.6. The van der Waals surface area contributed by atoms with Gasteiger partial charge in [0.1, 0.15) is 0 Å². The topological polar surface area (TPSA) is 91.5 Å². The number of oxime groups is 1. The lowest BCUT2D eigenvalue weighted by molar-refractivity contribution is 0.315. The lowest BCUT2D eigenvalue weighted by Crippen LogP contribution is -2.11. The fourth-order valence-corrected chi connectivity index (χ4v) is 1.61. The molecular weight excluding hydrogens is 234 g/mol. The third-order valence-corrected chi connectivity index (χ3v) is 2.63. The first-order valence-corrected chi connectivity index (χ1v) is 6.08. The minimum Gasteiger partial charge on any atom is -0.411 e. The van der Waals surface area contributed by atoms with Crippen LogP contribution >= 0.6 is 0 Å². The van der Waals surface area contributed by atoms with E-state index in [2.05, 4.69) is 15.1 Å². The molecule has 0 radical (unpaired) electrons. The van der Waals surface area contributed by atoms with E-state index in [1.54, 1.807) is 6.08 Å². The number of unbranched alkanes of at least 4 members (excludes halogenated alkanes) is 2. The van der Waals surface area contributed by atoms with Crippen LogP contribution in [-0.2, 0) is 9.59 Å². The van der Waals surface area contributed by atoms with Gasteiger partial charge in [0.25, 0.3) is 0 Å². The fraction of sp³-hybridized carbons (Fsp3) is 0.750. The largest absolute Gasteiger partial charge is 0.411 e. The Morgan fingerprint density at radius 3 is 2.56 bits per heavy atom. The van der Waals surface area contributed by atoms with Gasteiger partial charge in [0.2, 0.25) is 12.2 Å². The maximum atomic E-state index is 10.3. The standard InChI is InChI=1S/C12H19N3O3/c1-2-11(15-18)8-12(14-10-17)6-4-3-5-7-13-9-16/h12,18H,2-8H2,1H3. The lowest BCUT2D eigenvalue weighted by Gasteiger charge is -2.10. The first-order chi connectivity index (χ1) is 8.78. The third-order valence-electron chi connectivity index (χ3n) is 2.63. The van der Waals surface area contributed by atoms with Crippen LogP contribution in [0.25, 0.3) is 0 Å². The summed E-state index contributed by atoms with van der Waals surface area (Å²) in [6.45, 7) is 2.37. The van der Waals surface area contributed by atoms with Crippen LogP contribution in [0.2, 0.25) is 0 Å². The summed E-state index contributed by atoms with van der Waals surface area (Å²) >= 11 is 0. The highest BCUT2D eigenvalue weighted by molar-refractivity contribution is 5.84. The van der Waals surface area contributed by atoms with Crippen molar-refractivity contribution in [3.05, 3.63) is 0 Å². The van der Waals surface area contributed by atoms with Crippen LogP contribution in [-0.4, -0.2) is 35.7 Å². The highest BCUT2D eigenvalue weighted by atomic mass is 16.4. The maximum absolute atomic E-state index is 10.3. The molecule has 0 amide bonds. The molecule has 6 heteroatoms. The first-order valence-electron chi connectivity index (χ1n) is 6.08. The van der Waals surface area contributed by atoms with E-state index in [4.69, 9.17) is 5.21 Å². The van der Waals surface area contributed by atoms with Crippen molar-refractivity contribution < 1.29 is 14.8 Å². The van der Waals surface area contributed by atoms with Gasteiger partial charge in [0.05, 0.1) is 18.3 Å². The molecule has 0 fully saturated rings. The number of nitrogens with zero attached hydrogens (tertiary/aromatic N) is 3. The van der Waals surface area contributed by atoms with E-state index in [1.165, 1.54) is 6.08 Å². The van der Waals surface area contributed by atoms with Gasteiger partial charge in [-0.2, -0.15) is 0 Å². The maximum Gasteiger partial charge on any atom is 0.235 e. The van der Waals surface area contributed by atoms with E-state index >= 15 is 0 Å². The van der Waals surface area contributed by atoms with Crippen molar-refractivity contribution in [3.63, 3.8) is 0 Å². The average Bonchev–Trinajstić information content (AvgIpc) is 2.39. The highest BCUT2D eigenvalue weighted by Crippen LogP contribution is 2.12. The molecule has 0 bridgehead atoms. The van der Waals surface area contributed by atoms with Crippen molar-refractivity contribution in [2.75, 3.05) is 6.54 Å². The van der Waals surface area contributed by atoms with E-state index in [0.29, 0.717) is 25.1 Å². The van der Waals surface area contributed by atoms with Gasteiger partial charge in [-0.1, -0.05) is 24.9 Å². The molecule has 0 saturated carbocycles. The fourth-order valence-electron chi connectivity index (χ4n) is 1.61. The molecule has 6 nitrogen and oxygen atoms in total. The monoisotopic (exact) mass is 253 g/mol. The Morgan fingerprint density at radius 1 is 1.22 bits per heavy atom. The van der Waals surface area contributed by atoms with Crippen molar-refractivity contribution in [2.45, 2.75) is 51.5 Å². The summed E-state index contributed by atoms with van der Waals surface area (Å²) in [5.74, 6) is 0. The van der Waals surface area contributed by atoms with Crippen molar-refractivity contribution in [1.82, 2.24) is 0 Å². The second-order valence-electron chi connectivity index (χ2n) is 3.92. The van der Waals surface area contributed by atoms with Gasteiger partial charge in [-0.05, 0) is 19.3 Å². The summed E-state index contributed by atoms with van der Waals surface area (Å²) in [5.41, 5.74) is 0.629. The van der Waals surface area contributed by atoms with Gasteiger partial charge in [-0.3, -0.25) is 0 Å². The predicted octanol–water partition coefficient (Wildman–Crippen LogP) is 2.22. The van der Waals surface area contributed by atoms with E-state index in [-0.39, 0.29) is 6.04 Å². The summed E-state index contributed by atoms with van der Waals surface area (Å²) < 4.78 is 0. The SMILES string of the molecule is CCC(CC(CCCCCN=C=O)N=C=O)=NO. The van der Waals surface area contributed by atoms with Crippen molar-refractivity contribution >= 4 is 17.9 Å². The number of hydrogen-bond donors (Lipinski definition) is 1. The zero-order chi connectivity index (χ0) is 13.6. The molecule has 1 N–H and O–H groups in total. The van der Waals surface area contributed by atoms with Crippen molar-refractivity contribution in [3.8, 4) is 0 Å².